The predicted molar refractivity (Wildman–Crippen MR) is 105 cm³/mol. The first kappa shape index (κ1) is 19.6. The van der Waals surface area contributed by atoms with E-state index in [4.69, 9.17) is 10.8 Å². The number of anilines is 1. The number of fused-ring (bicyclic) bond motifs is 1. The molecule has 0 spiro atoms. The van der Waals surface area contributed by atoms with Crippen molar-refractivity contribution in [1.29, 1.82) is 10.8 Å². The summed E-state index contributed by atoms with van der Waals surface area (Å²) >= 11 is 0. The van der Waals surface area contributed by atoms with E-state index in [9.17, 15) is 4.79 Å². The van der Waals surface area contributed by atoms with E-state index in [1.54, 1.807) is 11.5 Å². The standard InChI is InChI=1S/C19H28N6O/c1-12(2)19(26)23-10-6-5-9-22-18-17(21)25(14(4)20)16-11-13(3)7-8-15(16)24-18/h7-8,11-12,20-21H,5-6,9-10H2,1-4H3,(H,22,24)(H,23,26). The highest BCUT2D eigenvalue weighted by atomic mass is 16.1. The Hall–Kier alpha value is -2.70. The Morgan fingerprint density at radius 2 is 1.96 bits per heavy atom. The summed E-state index contributed by atoms with van der Waals surface area (Å²) in [6.45, 7) is 8.71. The van der Waals surface area contributed by atoms with Crippen LogP contribution in [0, 0.1) is 23.7 Å². The van der Waals surface area contributed by atoms with Gasteiger partial charge >= 0.3 is 0 Å². The van der Waals surface area contributed by atoms with Gasteiger partial charge in [-0.2, -0.15) is 0 Å². The van der Waals surface area contributed by atoms with Crippen molar-refractivity contribution in [2.24, 2.45) is 5.92 Å². The first-order valence-electron chi connectivity index (χ1n) is 8.96. The molecule has 1 aromatic carbocycles. The monoisotopic (exact) mass is 356 g/mol. The number of carbonyl (C=O) groups excluding carboxylic acids is 1. The van der Waals surface area contributed by atoms with Crippen molar-refractivity contribution in [2.75, 3.05) is 18.4 Å². The number of hydrogen-bond donors (Lipinski definition) is 4. The topological polar surface area (TPSA) is 107 Å². The SMILES string of the molecule is CC(=N)n1c(=N)c(NCCCCNC(=O)C(C)C)nc2ccc(C)cc21. The number of rotatable bonds is 7. The number of amides is 1. The zero-order valence-corrected chi connectivity index (χ0v) is 15.9. The van der Waals surface area contributed by atoms with Crippen LogP contribution in [-0.4, -0.2) is 34.4 Å². The van der Waals surface area contributed by atoms with Crippen LogP contribution in [0.3, 0.4) is 0 Å². The van der Waals surface area contributed by atoms with Crippen LogP contribution in [0.5, 0.6) is 0 Å². The normalized spacial score (nSPS) is 11.0. The molecule has 0 bridgehead atoms. The second-order valence-corrected chi connectivity index (χ2v) is 6.80. The van der Waals surface area contributed by atoms with E-state index in [1.807, 2.05) is 39.0 Å². The number of unbranched alkanes of at least 4 members (excludes halogenated alkanes) is 1. The number of nitrogens with zero attached hydrogens (tertiary/aromatic N) is 2. The van der Waals surface area contributed by atoms with Gasteiger partial charge in [0, 0.05) is 19.0 Å². The molecule has 0 saturated carbocycles. The molecule has 0 saturated heterocycles. The fourth-order valence-electron chi connectivity index (χ4n) is 2.65. The van der Waals surface area contributed by atoms with Crippen molar-refractivity contribution in [1.82, 2.24) is 14.9 Å². The Balaban J connectivity index is 2.05. The van der Waals surface area contributed by atoms with Gasteiger partial charge in [0.1, 0.15) is 5.84 Å². The number of benzene rings is 1. The predicted octanol–water partition coefficient (Wildman–Crippen LogP) is 2.63. The summed E-state index contributed by atoms with van der Waals surface area (Å²) in [5, 5.41) is 22.5. The molecule has 0 unspecified atom stereocenters. The van der Waals surface area contributed by atoms with Crippen LogP contribution in [0.2, 0.25) is 0 Å². The van der Waals surface area contributed by atoms with Gasteiger partial charge in [-0.15, -0.1) is 0 Å². The van der Waals surface area contributed by atoms with Crippen LogP contribution in [0.1, 0.15) is 39.2 Å². The molecule has 0 aliphatic heterocycles. The molecular formula is C19H28N6O. The molecule has 26 heavy (non-hydrogen) atoms. The molecule has 1 amide bonds. The average molecular weight is 356 g/mol. The molecule has 0 radical (unpaired) electrons. The Morgan fingerprint density at radius 1 is 1.27 bits per heavy atom. The Bertz CT molecular complexity index is 868. The molecule has 2 rings (SSSR count). The van der Waals surface area contributed by atoms with Crippen molar-refractivity contribution in [3.63, 3.8) is 0 Å². The molecule has 0 aliphatic carbocycles. The van der Waals surface area contributed by atoms with E-state index in [-0.39, 0.29) is 23.1 Å². The molecule has 0 fully saturated rings. The van der Waals surface area contributed by atoms with Gasteiger partial charge in [0.15, 0.2) is 11.3 Å². The van der Waals surface area contributed by atoms with Crippen LogP contribution in [-0.2, 0) is 4.79 Å². The molecule has 1 aromatic heterocycles. The lowest BCUT2D eigenvalue weighted by atomic mass is 10.2. The molecule has 7 nitrogen and oxygen atoms in total. The summed E-state index contributed by atoms with van der Waals surface area (Å²) in [5.41, 5.74) is 2.77. The highest BCUT2D eigenvalue weighted by molar-refractivity contribution is 5.90. The summed E-state index contributed by atoms with van der Waals surface area (Å²) in [5.74, 6) is 0.830. The lowest BCUT2D eigenvalue weighted by molar-refractivity contribution is -0.123. The van der Waals surface area contributed by atoms with Crippen molar-refractivity contribution >= 4 is 28.6 Å². The van der Waals surface area contributed by atoms with Gasteiger partial charge in [-0.1, -0.05) is 19.9 Å². The van der Waals surface area contributed by atoms with Crippen molar-refractivity contribution in [3.05, 3.63) is 29.3 Å². The van der Waals surface area contributed by atoms with Crippen molar-refractivity contribution < 1.29 is 4.79 Å². The molecule has 7 heteroatoms. The molecule has 0 aliphatic rings. The fourth-order valence-corrected chi connectivity index (χ4v) is 2.65. The van der Waals surface area contributed by atoms with Gasteiger partial charge in [0.05, 0.1) is 11.0 Å². The lowest BCUT2D eigenvalue weighted by Gasteiger charge is -2.14. The maximum atomic E-state index is 11.5. The Morgan fingerprint density at radius 3 is 2.62 bits per heavy atom. The van der Waals surface area contributed by atoms with Crippen molar-refractivity contribution in [2.45, 2.75) is 40.5 Å². The van der Waals surface area contributed by atoms with E-state index in [0.717, 1.165) is 29.4 Å². The van der Waals surface area contributed by atoms with E-state index in [1.165, 1.54) is 0 Å². The first-order valence-corrected chi connectivity index (χ1v) is 8.96. The summed E-state index contributed by atoms with van der Waals surface area (Å²) in [4.78, 5) is 16.0. The number of hydrogen-bond acceptors (Lipinski definition) is 5. The van der Waals surface area contributed by atoms with Crippen LogP contribution in [0.15, 0.2) is 18.2 Å². The molecule has 140 valence electrons. The van der Waals surface area contributed by atoms with Crippen LogP contribution >= 0.6 is 0 Å². The quantitative estimate of drug-likeness (QED) is 0.348. The summed E-state index contributed by atoms with van der Waals surface area (Å²) in [7, 11) is 0. The molecule has 2 aromatic rings. The minimum absolute atomic E-state index is 0.00393. The third kappa shape index (κ3) is 4.68. The van der Waals surface area contributed by atoms with Gasteiger partial charge in [0.2, 0.25) is 5.91 Å². The first-order chi connectivity index (χ1) is 12.3. The van der Waals surface area contributed by atoms with E-state index in [0.29, 0.717) is 18.9 Å². The van der Waals surface area contributed by atoms with Crippen LogP contribution in [0.25, 0.3) is 11.0 Å². The van der Waals surface area contributed by atoms with Gasteiger partial charge in [-0.25, -0.2) is 4.98 Å². The highest BCUT2D eigenvalue weighted by Gasteiger charge is 2.10. The number of carbonyl (C=O) groups is 1. The van der Waals surface area contributed by atoms with Crippen molar-refractivity contribution in [3.8, 4) is 0 Å². The second-order valence-electron chi connectivity index (χ2n) is 6.80. The minimum atomic E-state index is 0.00393. The maximum absolute atomic E-state index is 11.5. The number of aryl methyl sites for hydroxylation is 1. The van der Waals surface area contributed by atoms with Crippen LogP contribution in [0.4, 0.5) is 5.82 Å². The lowest BCUT2D eigenvalue weighted by Crippen LogP contribution is -2.30. The molecule has 1 heterocycles. The largest absolute Gasteiger partial charge is 0.367 e. The van der Waals surface area contributed by atoms with E-state index < -0.39 is 0 Å². The average Bonchev–Trinajstić information content (AvgIpc) is 2.57. The fraction of sp³-hybridized carbons (Fsp3) is 0.474. The summed E-state index contributed by atoms with van der Waals surface area (Å²) in [6.07, 6.45) is 1.71. The van der Waals surface area contributed by atoms with Gasteiger partial charge < -0.3 is 10.6 Å². The third-order valence-corrected chi connectivity index (χ3v) is 4.11. The second kappa shape index (κ2) is 8.60. The summed E-state index contributed by atoms with van der Waals surface area (Å²) in [6, 6.07) is 5.83. The Labute approximate surface area is 153 Å². The van der Waals surface area contributed by atoms with E-state index >= 15 is 0 Å². The zero-order chi connectivity index (χ0) is 19.3. The number of nitrogens with one attached hydrogen (secondary N) is 4. The molecular weight excluding hydrogens is 328 g/mol. The minimum Gasteiger partial charge on any atom is -0.367 e. The van der Waals surface area contributed by atoms with Crippen LogP contribution < -0.4 is 16.1 Å². The number of aromatic nitrogens is 2. The maximum Gasteiger partial charge on any atom is 0.222 e. The third-order valence-electron chi connectivity index (χ3n) is 4.11. The van der Waals surface area contributed by atoms with E-state index in [2.05, 4.69) is 15.6 Å². The summed E-state index contributed by atoms with van der Waals surface area (Å²) < 4.78 is 1.60. The van der Waals surface area contributed by atoms with Gasteiger partial charge in [0.25, 0.3) is 0 Å². The smallest absolute Gasteiger partial charge is 0.222 e. The zero-order valence-electron chi connectivity index (χ0n) is 15.9. The Kier molecular flexibility index (Phi) is 6.49. The van der Waals surface area contributed by atoms with Gasteiger partial charge in [-0.05, 0) is 44.4 Å². The molecule has 0 atom stereocenters. The highest BCUT2D eigenvalue weighted by Crippen LogP contribution is 2.14. The molecule has 4 N–H and O–H groups in total. The van der Waals surface area contributed by atoms with Gasteiger partial charge in [-0.3, -0.25) is 20.2 Å².